The minimum Gasteiger partial charge on any atom is -1.00 e. The maximum Gasteiger partial charge on any atom is 2.00 e. The molecule has 0 rings (SSSR count). The molecule has 4 heavy (non-hydrogen) atoms. The van der Waals surface area contributed by atoms with Gasteiger partial charge in [0.1, 0.15) is 0 Å². The summed E-state index contributed by atoms with van der Waals surface area (Å²) < 4.78 is 0. The standard InChI is InChI=1S/2Ca.ClH.FH/h;;2*1H/q2*+2;;/p-2. The third-order valence-electron chi connectivity index (χ3n) is 0. The van der Waals surface area contributed by atoms with Crippen molar-refractivity contribution in [2.75, 3.05) is 0 Å². The summed E-state index contributed by atoms with van der Waals surface area (Å²) >= 11 is 0. The summed E-state index contributed by atoms with van der Waals surface area (Å²) in [5.41, 5.74) is 0. The summed E-state index contributed by atoms with van der Waals surface area (Å²) in [4.78, 5) is 0. The molecule has 0 aromatic heterocycles. The molecule has 0 N–H and O–H groups in total. The summed E-state index contributed by atoms with van der Waals surface area (Å²) in [6.45, 7) is 0. The van der Waals surface area contributed by atoms with Crippen molar-refractivity contribution in [3.8, 4) is 0 Å². The maximum atomic E-state index is 0. The largest absolute Gasteiger partial charge is 2.00 e. The van der Waals surface area contributed by atoms with Crippen molar-refractivity contribution < 1.29 is 17.1 Å². The van der Waals surface area contributed by atoms with Gasteiger partial charge in [0.15, 0.2) is 0 Å². The minimum atomic E-state index is 0. The van der Waals surface area contributed by atoms with Crippen LogP contribution in [0.5, 0.6) is 0 Å². The molecule has 0 saturated heterocycles. The zero-order chi connectivity index (χ0) is 0. The van der Waals surface area contributed by atoms with E-state index in [0.717, 1.165) is 0 Å². The molecule has 0 unspecified atom stereocenters. The van der Waals surface area contributed by atoms with Crippen LogP contribution in [0.2, 0.25) is 0 Å². The molecule has 0 radical (unpaired) electrons. The molecule has 0 aliphatic carbocycles. The SMILES string of the molecule is [Ca+2].[Ca+2].[Cl-].[F-]. The van der Waals surface area contributed by atoms with Crippen LogP contribution in [0.1, 0.15) is 0 Å². The Bertz CT molecular complexity index is 6.00. The van der Waals surface area contributed by atoms with Crippen molar-refractivity contribution in [2.45, 2.75) is 0 Å². The first-order chi connectivity index (χ1) is 0. The molecular formula is Ca2ClF+2. The molecular weight excluding hydrogens is 135 g/mol. The van der Waals surface area contributed by atoms with Gasteiger partial charge in [-0.1, -0.05) is 0 Å². The molecule has 0 atom stereocenters. The summed E-state index contributed by atoms with van der Waals surface area (Å²) in [7, 11) is 0. The van der Waals surface area contributed by atoms with Gasteiger partial charge in [-0.15, -0.1) is 0 Å². The van der Waals surface area contributed by atoms with Gasteiger partial charge >= 0.3 is 75.5 Å². The zero-order valence-electron chi connectivity index (χ0n) is 2.17. The van der Waals surface area contributed by atoms with E-state index in [1.54, 1.807) is 0 Å². The van der Waals surface area contributed by atoms with Gasteiger partial charge in [-0.05, 0) is 0 Å². The topological polar surface area (TPSA) is 0 Å². The Morgan fingerprint density at radius 3 is 0.750 bits per heavy atom. The molecule has 0 bridgehead atoms. The molecule has 0 nitrogen and oxygen atoms in total. The summed E-state index contributed by atoms with van der Waals surface area (Å²) in [5.74, 6) is 0. The van der Waals surface area contributed by atoms with Crippen molar-refractivity contribution in [2.24, 2.45) is 0 Å². The average Bonchev–Trinajstić information content (AvgIpc) is 0. The third-order valence-corrected chi connectivity index (χ3v) is 0. The summed E-state index contributed by atoms with van der Waals surface area (Å²) in [6.07, 6.45) is 0. The van der Waals surface area contributed by atoms with Gasteiger partial charge in [-0.25, -0.2) is 0 Å². The predicted molar refractivity (Wildman–Crippen MR) is 11.5 cm³/mol. The smallest absolute Gasteiger partial charge is 1.00 e. The summed E-state index contributed by atoms with van der Waals surface area (Å²) in [5, 5.41) is 0. The van der Waals surface area contributed by atoms with Crippen LogP contribution >= 0.6 is 0 Å². The van der Waals surface area contributed by atoms with Crippen molar-refractivity contribution >= 4 is 75.5 Å². The van der Waals surface area contributed by atoms with Crippen LogP contribution in [0, 0.1) is 0 Å². The number of halogens is 2. The second kappa shape index (κ2) is 17.2. The van der Waals surface area contributed by atoms with E-state index < -0.39 is 0 Å². The first kappa shape index (κ1) is 29.6. The van der Waals surface area contributed by atoms with Crippen molar-refractivity contribution in [1.82, 2.24) is 0 Å². The average molecular weight is 135 g/mol. The molecule has 0 spiro atoms. The normalized spacial score (nSPS) is 0. The Balaban J connectivity index is 0. The van der Waals surface area contributed by atoms with Crippen LogP contribution in [-0.2, 0) is 0 Å². The number of hydrogen-bond acceptors (Lipinski definition) is 0. The van der Waals surface area contributed by atoms with Crippen LogP contribution in [0.15, 0.2) is 0 Å². The fraction of sp³-hybridized carbons (Fsp3) is 0. The van der Waals surface area contributed by atoms with E-state index in [4.69, 9.17) is 0 Å². The second-order valence-corrected chi connectivity index (χ2v) is 0. The van der Waals surface area contributed by atoms with Crippen LogP contribution in [0.25, 0.3) is 0 Å². The Hall–Kier alpha value is 2.74. The summed E-state index contributed by atoms with van der Waals surface area (Å²) in [6, 6.07) is 0. The second-order valence-electron chi connectivity index (χ2n) is 0. The minimum absolute atomic E-state index is 0. The molecule has 0 heterocycles. The van der Waals surface area contributed by atoms with E-state index >= 15 is 0 Å². The molecule has 0 aliphatic heterocycles. The molecule has 0 aromatic rings. The van der Waals surface area contributed by atoms with Gasteiger partial charge in [-0.3, -0.25) is 0 Å². The molecule has 0 fully saturated rings. The quantitative estimate of drug-likeness (QED) is 0.289. The van der Waals surface area contributed by atoms with E-state index in [2.05, 4.69) is 0 Å². The fourth-order valence-corrected chi connectivity index (χ4v) is 0. The van der Waals surface area contributed by atoms with Gasteiger partial charge in [0, 0.05) is 0 Å². The predicted octanol–water partition coefficient (Wildman–Crippen LogP) is -6.75. The van der Waals surface area contributed by atoms with Crippen molar-refractivity contribution in [3.05, 3.63) is 0 Å². The first-order valence-corrected chi connectivity index (χ1v) is 0. The van der Waals surface area contributed by atoms with Crippen LogP contribution in [-0.4, -0.2) is 75.5 Å². The van der Waals surface area contributed by atoms with E-state index in [-0.39, 0.29) is 92.6 Å². The van der Waals surface area contributed by atoms with Gasteiger partial charge in [0.25, 0.3) is 0 Å². The van der Waals surface area contributed by atoms with Crippen LogP contribution in [0.3, 0.4) is 0 Å². The third kappa shape index (κ3) is 8.83. The van der Waals surface area contributed by atoms with Crippen molar-refractivity contribution in [3.63, 3.8) is 0 Å². The van der Waals surface area contributed by atoms with E-state index in [1.165, 1.54) is 0 Å². The van der Waals surface area contributed by atoms with Crippen LogP contribution < -0.4 is 17.1 Å². The Kier molecular flexibility index (Phi) is 127. The maximum absolute atomic E-state index is 0. The Morgan fingerprint density at radius 1 is 0.750 bits per heavy atom. The Labute approximate surface area is 90.5 Å². The number of hydrogen-bond donors (Lipinski definition) is 0. The first-order valence-electron chi connectivity index (χ1n) is 0. The van der Waals surface area contributed by atoms with Crippen LogP contribution in [0.4, 0.5) is 0 Å². The molecule has 16 valence electrons. The zero-order valence-corrected chi connectivity index (χ0v) is 7.34. The number of rotatable bonds is 0. The van der Waals surface area contributed by atoms with E-state index in [9.17, 15) is 0 Å². The van der Waals surface area contributed by atoms with Gasteiger partial charge < -0.3 is 17.1 Å². The van der Waals surface area contributed by atoms with Gasteiger partial charge in [0.05, 0.1) is 0 Å². The molecule has 4 heteroatoms. The monoisotopic (exact) mass is 134 g/mol. The van der Waals surface area contributed by atoms with Crippen molar-refractivity contribution in [1.29, 1.82) is 0 Å². The van der Waals surface area contributed by atoms with Gasteiger partial charge in [-0.2, -0.15) is 0 Å². The Morgan fingerprint density at radius 2 is 0.750 bits per heavy atom. The molecule has 0 amide bonds. The van der Waals surface area contributed by atoms with Gasteiger partial charge in [0.2, 0.25) is 0 Å². The van der Waals surface area contributed by atoms with E-state index in [0.29, 0.717) is 0 Å². The fourth-order valence-electron chi connectivity index (χ4n) is 0. The molecule has 0 aromatic carbocycles. The molecule has 0 saturated carbocycles. The van der Waals surface area contributed by atoms with E-state index in [1.807, 2.05) is 0 Å². The molecule has 0 aliphatic rings.